The lowest BCUT2D eigenvalue weighted by Gasteiger charge is -2.14. The van der Waals surface area contributed by atoms with Gasteiger partial charge in [-0.3, -0.25) is 19.6 Å². The van der Waals surface area contributed by atoms with E-state index in [9.17, 15) is 14.0 Å². The van der Waals surface area contributed by atoms with Gasteiger partial charge in [-0.1, -0.05) is 6.07 Å². The monoisotopic (exact) mass is 355 g/mol. The second-order valence-electron chi connectivity index (χ2n) is 6.44. The van der Waals surface area contributed by atoms with Crippen LogP contribution in [-0.4, -0.2) is 33.1 Å². The summed E-state index contributed by atoms with van der Waals surface area (Å²) in [6.07, 6.45) is 1.99. The molecule has 0 spiro atoms. The number of benzene rings is 1. The largest absolute Gasteiger partial charge is 0.353 e. The number of carbonyl (C=O) groups is 2. The highest BCUT2D eigenvalue weighted by molar-refractivity contribution is 6.05. The van der Waals surface area contributed by atoms with Crippen LogP contribution >= 0.6 is 0 Å². The van der Waals surface area contributed by atoms with Gasteiger partial charge in [0.05, 0.1) is 23.4 Å². The number of hydrogen-bond donors (Lipinski definition) is 2. The number of carbonyl (C=O) groups excluding carboxylic acids is 2. The lowest BCUT2D eigenvalue weighted by Crippen LogP contribution is -2.33. The van der Waals surface area contributed by atoms with Gasteiger partial charge in [0, 0.05) is 31.9 Å². The maximum Gasteiger partial charge on any atom is 0.229 e. The van der Waals surface area contributed by atoms with Crippen LogP contribution in [0.1, 0.15) is 12.1 Å². The van der Waals surface area contributed by atoms with E-state index in [0.717, 1.165) is 5.69 Å². The highest BCUT2D eigenvalue weighted by Crippen LogP contribution is 2.31. The Morgan fingerprint density at radius 2 is 2.23 bits per heavy atom. The van der Waals surface area contributed by atoms with Gasteiger partial charge in [0.1, 0.15) is 5.82 Å². The van der Waals surface area contributed by atoms with Gasteiger partial charge < -0.3 is 9.88 Å². The number of rotatable bonds is 4. The smallest absolute Gasteiger partial charge is 0.229 e. The average Bonchev–Trinajstić information content (AvgIpc) is 3.31. The second-order valence-corrected chi connectivity index (χ2v) is 6.44. The Hall–Kier alpha value is -3.16. The Morgan fingerprint density at radius 3 is 3.00 bits per heavy atom. The number of nitrogens with one attached hydrogen (secondary N) is 2. The zero-order valence-electron chi connectivity index (χ0n) is 14.2. The molecule has 7 nitrogen and oxygen atoms in total. The van der Waals surface area contributed by atoms with Crippen LogP contribution in [0.4, 0.5) is 10.2 Å². The molecule has 1 aromatic carbocycles. The summed E-state index contributed by atoms with van der Waals surface area (Å²) in [5.41, 5.74) is 1.49. The number of H-pyrrole nitrogens is 1. The fourth-order valence-corrected chi connectivity index (χ4v) is 3.30. The van der Waals surface area contributed by atoms with Crippen LogP contribution in [0.2, 0.25) is 0 Å². The Morgan fingerprint density at radius 1 is 1.38 bits per heavy atom. The SMILES string of the molecule is Cn1cccc1CNC(=O)C1CC(=O)N(c2n[nH]c3cccc(F)c23)C1. The fraction of sp³-hybridized carbons (Fsp3) is 0.278. The number of hydrogen-bond acceptors (Lipinski definition) is 3. The molecule has 2 amide bonds. The lowest BCUT2D eigenvalue weighted by atomic mass is 10.1. The first-order chi connectivity index (χ1) is 12.5. The van der Waals surface area contributed by atoms with E-state index in [1.54, 1.807) is 12.1 Å². The first-order valence-electron chi connectivity index (χ1n) is 8.35. The van der Waals surface area contributed by atoms with Gasteiger partial charge in [-0.25, -0.2) is 4.39 Å². The molecule has 8 heteroatoms. The summed E-state index contributed by atoms with van der Waals surface area (Å²) in [7, 11) is 1.90. The average molecular weight is 355 g/mol. The van der Waals surface area contributed by atoms with Gasteiger partial charge in [0.25, 0.3) is 0 Å². The summed E-state index contributed by atoms with van der Waals surface area (Å²) in [5.74, 6) is -1.12. The van der Waals surface area contributed by atoms with Gasteiger partial charge in [0.15, 0.2) is 5.82 Å². The van der Waals surface area contributed by atoms with Crippen molar-refractivity contribution < 1.29 is 14.0 Å². The number of aromatic amines is 1. The van der Waals surface area contributed by atoms with E-state index in [2.05, 4.69) is 15.5 Å². The van der Waals surface area contributed by atoms with Crippen LogP contribution in [0, 0.1) is 11.7 Å². The van der Waals surface area contributed by atoms with Crippen molar-refractivity contribution in [3.8, 4) is 0 Å². The third-order valence-electron chi connectivity index (χ3n) is 4.77. The molecule has 0 saturated carbocycles. The second kappa shape index (κ2) is 6.29. The van der Waals surface area contributed by atoms with E-state index < -0.39 is 11.7 Å². The van der Waals surface area contributed by atoms with Crippen molar-refractivity contribution in [2.24, 2.45) is 13.0 Å². The third kappa shape index (κ3) is 2.73. The van der Waals surface area contributed by atoms with E-state index in [-0.39, 0.29) is 36.0 Å². The molecule has 2 aromatic heterocycles. The van der Waals surface area contributed by atoms with Gasteiger partial charge in [-0.15, -0.1) is 0 Å². The molecule has 3 heterocycles. The van der Waals surface area contributed by atoms with Crippen LogP contribution in [0.5, 0.6) is 0 Å². The van der Waals surface area contributed by atoms with Crippen molar-refractivity contribution in [2.75, 3.05) is 11.4 Å². The summed E-state index contributed by atoms with van der Waals surface area (Å²) in [6, 6.07) is 8.42. The van der Waals surface area contributed by atoms with E-state index in [0.29, 0.717) is 12.1 Å². The van der Waals surface area contributed by atoms with Crippen LogP contribution in [0.25, 0.3) is 10.9 Å². The molecule has 0 radical (unpaired) electrons. The van der Waals surface area contributed by atoms with Crippen molar-refractivity contribution in [3.05, 3.63) is 48.0 Å². The normalized spacial score (nSPS) is 17.2. The van der Waals surface area contributed by atoms with Gasteiger partial charge in [-0.2, -0.15) is 5.10 Å². The molecule has 1 unspecified atom stereocenters. The van der Waals surface area contributed by atoms with E-state index in [4.69, 9.17) is 0 Å². The van der Waals surface area contributed by atoms with Crippen LogP contribution < -0.4 is 10.2 Å². The molecular formula is C18H18FN5O2. The van der Waals surface area contributed by atoms with E-state index >= 15 is 0 Å². The molecule has 3 aromatic rings. The Kier molecular flexibility index (Phi) is 3.95. The standard InChI is InChI=1S/C18H18FN5O2/c1-23-7-3-4-12(23)9-20-18(26)11-8-15(25)24(10-11)17-16-13(19)5-2-6-14(16)21-22-17/h2-7,11H,8-10H2,1H3,(H,20,26)(H,21,22). The van der Waals surface area contributed by atoms with Crippen LogP contribution in [-0.2, 0) is 23.2 Å². The topological polar surface area (TPSA) is 83.0 Å². The molecule has 1 aliphatic heterocycles. The number of anilines is 1. The molecule has 1 saturated heterocycles. The molecule has 1 atom stereocenters. The molecule has 4 rings (SSSR count). The first kappa shape index (κ1) is 16.3. The number of aryl methyl sites for hydroxylation is 1. The molecule has 1 aliphatic rings. The summed E-state index contributed by atoms with van der Waals surface area (Å²) < 4.78 is 16.1. The number of nitrogens with zero attached hydrogens (tertiary/aromatic N) is 3. The number of amides is 2. The van der Waals surface area contributed by atoms with Crippen molar-refractivity contribution in [1.82, 2.24) is 20.1 Å². The maximum absolute atomic E-state index is 14.2. The minimum absolute atomic E-state index is 0.0851. The van der Waals surface area contributed by atoms with Gasteiger partial charge in [0.2, 0.25) is 11.8 Å². The van der Waals surface area contributed by atoms with Crippen molar-refractivity contribution in [2.45, 2.75) is 13.0 Å². The van der Waals surface area contributed by atoms with E-state index in [1.165, 1.54) is 11.0 Å². The van der Waals surface area contributed by atoms with Crippen LogP contribution in [0.3, 0.4) is 0 Å². The predicted molar refractivity (Wildman–Crippen MR) is 93.8 cm³/mol. The summed E-state index contributed by atoms with van der Waals surface area (Å²) in [6.45, 7) is 0.582. The predicted octanol–water partition coefficient (Wildman–Crippen LogP) is 1.71. The van der Waals surface area contributed by atoms with Crippen LogP contribution in [0.15, 0.2) is 36.5 Å². The third-order valence-corrected chi connectivity index (χ3v) is 4.77. The first-order valence-corrected chi connectivity index (χ1v) is 8.35. The number of halogens is 1. The molecule has 134 valence electrons. The minimum Gasteiger partial charge on any atom is -0.353 e. The van der Waals surface area contributed by atoms with Gasteiger partial charge in [-0.05, 0) is 24.3 Å². The van der Waals surface area contributed by atoms with Crippen molar-refractivity contribution >= 4 is 28.5 Å². The summed E-state index contributed by atoms with van der Waals surface area (Å²) >= 11 is 0. The summed E-state index contributed by atoms with van der Waals surface area (Å²) in [4.78, 5) is 26.2. The maximum atomic E-state index is 14.2. The lowest BCUT2D eigenvalue weighted by molar-refractivity contribution is -0.126. The zero-order chi connectivity index (χ0) is 18.3. The highest BCUT2D eigenvalue weighted by Gasteiger charge is 2.37. The highest BCUT2D eigenvalue weighted by atomic mass is 19.1. The quantitative estimate of drug-likeness (QED) is 0.747. The Bertz CT molecular complexity index is 993. The molecule has 2 N–H and O–H groups in total. The van der Waals surface area contributed by atoms with Crippen molar-refractivity contribution in [1.29, 1.82) is 0 Å². The molecule has 26 heavy (non-hydrogen) atoms. The molecular weight excluding hydrogens is 337 g/mol. The minimum atomic E-state index is -0.485. The van der Waals surface area contributed by atoms with E-state index in [1.807, 2.05) is 29.9 Å². The molecule has 0 aliphatic carbocycles. The fourth-order valence-electron chi connectivity index (χ4n) is 3.30. The Labute approximate surface area is 148 Å². The Balaban J connectivity index is 1.49. The van der Waals surface area contributed by atoms with Crippen molar-refractivity contribution in [3.63, 3.8) is 0 Å². The molecule has 0 bridgehead atoms. The zero-order valence-corrected chi connectivity index (χ0v) is 14.2. The number of fused-ring (bicyclic) bond motifs is 1. The number of aromatic nitrogens is 3. The molecule has 1 fully saturated rings. The summed E-state index contributed by atoms with van der Waals surface area (Å²) in [5, 5.41) is 9.95. The van der Waals surface area contributed by atoms with Gasteiger partial charge >= 0.3 is 0 Å².